The van der Waals surface area contributed by atoms with E-state index in [1.54, 1.807) is 72.8 Å². The fourth-order valence-electron chi connectivity index (χ4n) is 5.47. The molecule has 0 saturated carbocycles. The second-order valence-corrected chi connectivity index (χ2v) is 9.66. The standard InChI is InChI=1S/C27H18BrNO6/c1-34-17-6-4-5-16(13-17)29-25(32)20-21(26(29)33)27(35-22(20)14-9-11-15(28)12-10-14)23(30)18-7-2-3-8-19(18)24(27)31/h2-13,20-22H,1H3/t20-,21-,22+/m0/s1. The van der Waals surface area contributed by atoms with E-state index in [4.69, 9.17) is 9.47 Å². The zero-order valence-electron chi connectivity index (χ0n) is 18.4. The molecule has 3 aromatic carbocycles. The van der Waals surface area contributed by atoms with Crippen LogP contribution in [-0.4, -0.2) is 36.1 Å². The maximum Gasteiger partial charge on any atom is 0.241 e. The topological polar surface area (TPSA) is 90.0 Å². The minimum atomic E-state index is -2.09. The van der Waals surface area contributed by atoms with Gasteiger partial charge in [-0.3, -0.25) is 19.2 Å². The van der Waals surface area contributed by atoms with Crippen molar-refractivity contribution in [2.75, 3.05) is 12.0 Å². The van der Waals surface area contributed by atoms with Crippen molar-refractivity contribution in [3.63, 3.8) is 0 Å². The van der Waals surface area contributed by atoms with Gasteiger partial charge in [0.15, 0.2) is 0 Å². The number of rotatable bonds is 3. The number of Topliss-reactive ketones (excluding diaryl/α,β-unsaturated/α-hetero) is 2. The Morgan fingerprint density at radius 2 is 1.51 bits per heavy atom. The normalized spacial score (nSPS) is 24.3. The third-order valence-electron chi connectivity index (χ3n) is 7.03. The Morgan fingerprint density at radius 1 is 0.857 bits per heavy atom. The minimum Gasteiger partial charge on any atom is -0.497 e. The summed E-state index contributed by atoms with van der Waals surface area (Å²) in [5.41, 5.74) is -0.772. The monoisotopic (exact) mass is 531 g/mol. The summed E-state index contributed by atoms with van der Waals surface area (Å²) >= 11 is 3.39. The number of halogens is 1. The molecule has 2 fully saturated rings. The highest BCUT2D eigenvalue weighted by molar-refractivity contribution is 9.10. The minimum absolute atomic E-state index is 0.202. The van der Waals surface area contributed by atoms with E-state index in [0.29, 0.717) is 17.0 Å². The average molecular weight is 532 g/mol. The molecule has 0 bridgehead atoms. The number of ketones is 2. The van der Waals surface area contributed by atoms with Crippen molar-refractivity contribution in [3.8, 4) is 5.75 Å². The third kappa shape index (κ3) is 2.87. The van der Waals surface area contributed by atoms with Crippen molar-refractivity contribution < 1.29 is 28.7 Å². The van der Waals surface area contributed by atoms with Gasteiger partial charge in [-0.15, -0.1) is 0 Å². The number of methoxy groups -OCH3 is 1. The summed E-state index contributed by atoms with van der Waals surface area (Å²) in [6, 6.07) is 20.1. The Labute approximate surface area is 208 Å². The number of carbonyl (C=O) groups excluding carboxylic acids is 4. The van der Waals surface area contributed by atoms with E-state index in [-0.39, 0.29) is 11.1 Å². The third-order valence-corrected chi connectivity index (χ3v) is 7.56. The molecule has 0 N–H and O–H groups in total. The summed E-state index contributed by atoms with van der Waals surface area (Å²) in [5, 5.41) is 0. The molecule has 1 aliphatic carbocycles. The van der Waals surface area contributed by atoms with E-state index in [0.717, 1.165) is 9.37 Å². The van der Waals surface area contributed by atoms with Gasteiger partial charge in [-0.2, -0.15) is 0 Å². The Bertz CT molecular complexity index is 1400. The van der Waals surface area contributed by atoms with Crippen molar-refractivity contribution in [2.24, 2.45) is 11.8 Å². The number of anilines is 1. The molecule has 3 aliphatic rings. The lowest BCUT2D eigenvalue weighted by molar-refractivity contribution is -0.127. The number of carbonyl (C=O) groups is 4. The quantitative estimate of drug-likeness (QED) is 0.372. The summed E-state index contributed by atoms with van der Waals surface area (Å²) in [5.74, 6) is -4.19. The van der Waals surface area contributed by atoms with Gasteiger partial charge in [0, 0.05) is 21.7 Å². The van der Waals surface area contributed by atoms with Crippen LogP contribution in [0.5, 0.6) is 5.75 Å². The van der Waals surface area contributed by atoms with Gasteiger partial charge in [0.2, 0.25) is 29.0 Å². The van der Waals surface area contributed by atoms with Gasteiger partial charge in [0.05, 0.1) is 30.7 Å². The molecule has 3 aromatic rings. The SMILES string of the molecule is COc1cccc(N2C(=O)[C@@H]3[C@@H](c4ccc(Br)cc4)OC4(C(=O)c5ccccc5C4=O)[C@@H]3C2=O)c1. The van der Waals surface area contributed by atoms with E-state index in [1.165, 1.54) is 7.11 Å². The predicted molar refractivity (Wildman–Crippen MR) is 128 cm³/mol. The Hall–Kier alpha value is -3.62. The maximum atomic E-state index is 13.9. The summed E-state index contributed by atoms with van der Waals surface area (Å²) in [6.45, 7) is 0. The number of ether oxygens (including phenoxy) is 2. The number of imide groups is 1. The molecule has 2 saturated heterocycles. The molecule has 2 heterocycles. The first-order valence-corrected chi connectivity index (χ1v) is 11.8. The first-order valence-electron chi connectivity index (χ1n) is 11.0. The zero-order chi connectivity index (χ0) is 24.5. The number of fused-ring (bicyclic) bond motifs is 3. The highest BCUT2D eigenvalue weighted by Gasteiger charge is 2.74. The lowest BCUT2D eigenvalue weighted by Crippen LogP contribution is -2.51. The molecule has 6 rings (SSSR count). The van der Waals surface area contributed by atoms with E-state index in [2.05, 4.69) is 15.9 Å². The Balaban J connectivity index is 1.54. The number of nitrogens with zero attached hydrogens (tertiary/aromatic N) is 1. The van der Waals surface area contributed by atoms with Gasteiger partial charge in [-0.25, -0.2) is 4.90 Å². The van der Waals surface area contributed by atoms with Crippen LogP contribution in [0.25, 0.3) is 0 Å². The molecular weight excluding hydrogens is 514 g/mol. The van der Waals surface area contributed by atoms with Crippen LogP contribution in [-0.2, 0) is 14.3 Å². The number of benzene rings is 3. The van der Waals surface area contributed by atoms with Gasteiger partial charge in [0.1, 0.15) is 5.75 Å². The van der Waals surface area contributed by atoms with E-state index < -0.39 is 46.9 Å². The molecule has 1 spiro atoms. The van der Waals surface area contributed by atoms with Gasteiger partial charge >= 0.3 is 0 Å². The highest BCUT2D eigenvalue weighted by atomic mass is 79.9. The molecule has 2 aliphatic heterocycles. The van der Waals surface area contributed by atoms with Crippen LogP contribution in [0.2, 0.25) is 0 Å². The summed E-state index contributed by atoms with van der Waals surface area (Å²) in [7, 11) is 1.49. The molecule has 0 radical (unpaired) electrons. The van der Waals surface area contributed by atoms with Crippen LogP contribution in [0, 0.1) is 11.8 Å². The Morgan fingerprint density at radius 3 is 2.14 bits per heavy atom. The molecule has 3 atom stereocenters. The van der Waals surface area contributed by atoms with E-state index in [1.807, 2.05) is 0 Å². The number of hydrogen-bond acceptors (Lipinski definition) is 6. The van der Waals surface area contributed by atoms with Gasteiger partial charge in [-0.1, -0.05) is 58.4 Å². The smallest absolute Gasteiger partial charge is 0.241 e. The molecule has 2 amide bonds. The number of amides is 2. The fraction of sp³-hybridized carbons (Fsp3) is 0.185. The summed E-state index contributed by atoms with van der Waals surface area (Å²) in [4.78, 5) is 56.3. The molecule has 0 aromatic heterocycles. The molecular formula is C27H18BrNO6. The summed E-state index contributed by atoms with van der Waals surface area (Å²) in [6.07, 6.45) is -0.956. The van der Waals surface area contributed by atoms with Crippen molar-refractivity contribution >= 4 is 45.0 Å². The van der Waals surface area contributed by atoms with Crippen molar-refractivity contribution in [1.29, 1.82) is 0 Å². The van der Waals surface area contributed by atoms with Crippen LogP contribution in [0.15, 0.2) is 77.3 Å². The molecule has 35 heavy (non-hydrogen) atoms. The average Bonchev–Trinajstić information content (AvgIpc) is 3.44. The van der Waals surface area contributed by atoms with Crippen LogP contribution in [0.1, 0.15) is 32.4 Å². The Kier molecular flexibility index (Phi) is 4.81. The lowest BCUT2D eigenvalue weighted by atomic mass is 9.77. The van der Waals surface area contributed by atoms with Crippen molar-refractivity contribution in [3.05, 3.63) is 94.0 Å². The molecule has 7 nitrogen and oxygen atoms in total. The van der Waals surface area contributed by atoms with Gasteiger partial charge < -0.3 is 9.47 Å². The zero-order valence-corrected chi connectivity index (χ0v) is 20.0. The predicted octanol–water partition coefficient (Wildman–Crippen LogP) is 4.15. The summed E-state index contributed by atoms with van der Waals surface area (Å²) < 4.78 is 12.4. The van der Waals surface area contributed by atoms with E-state index >= 15 is 0 Å². The van der Waals surface area contributed by atoms with Gasteiger partial charge in [-0.05, 0) is 29.8 Å². The maximum absolute atomic E-state index is 13.9. The highest BCUT2D eigenvalue weighted by Crippen LogP contribution is 2.57. The second kappa shape index (κ2) is 7.69. The van der Waals surface area contributed by atoms with Crippen LogP contribution in [0.3, 0.4) is 0 Å². The largest absolute Gasteiger partial charge is 0.497 e. The second-order valence-electron chi connectivity index (χ2n) is 8.75. The van der Waals surface area contributed by atoms with Crippen LogP contribution >= 0.6 is 15.9 Å². The molecule has 174 valence electrons. The fourth-order valence-corrected chi connectivity index (χ4v) is 5.74. The van der Waals surface area contributed by atoms with E-state index in [9.17, 15) is 19.2 Å². The lowest BCUT2D eigenvalue weighted by Gasteiger charge is -2.27. The van der Waals surface area contributed by atoms with Gasteiger partial charge in [0.25, 0.3) is 0 Å². The first-order chi connectivity index (χ1) is 16.9. The first kappa shape index (κ1) is 21.9. The van der Waals surface area contributed by atoms with Crippen molar-refractivity contribution in [2.45, 2.75) is 11.7 Å². The number of hydrogen-bond donors (Lipinski definition) is 0. The molecule has 0 unspecified atom stereocenters. The van der Waals surface area contributed by atoms with Crippen LogP contribution in [0.4, 0.5) is 5.69 Å². The van der Waals surface area contributed by atoms with Crippen molar-refractivity contribution in [1.82, 2.24) is 0 Å². The van der Waals surface area contributed by atoms with Crippen LogP contribution < -0.4 is 9.64 Å². The molecule has 8 heteroatoms.